The summed E-state index contributed by atoms with van der Waals surface area (Å²) >= 11 is 0. The number of rotatable bonds is 4. The van der Waals surface area contributed by atoms with Gasteiger partial charge in [-0.3, -0.25) is 9.30 Å². The van der Waals surface area contributed by atoms with Gasteiger partial charge >= 0.3 is 0 Å². The fraction of sp³-hybridized carbons (Fsp3) is 0.350. The molecule has 2 aromatic rings. The van der Waals surface area contributed by atoms with Gasteiger partial charge in [-0.05, 0) is 36.1 Å². The average molecular weight is 512 g/mol. The van der Waals surface area contributed by atoms with Gasteiger partial charge in [0.2, 0.25) is 10.0 Å². The minimum Gasteiger partial charge on any atom is -0.355 e. The largest absolute Gasteiger partial charge is 0.355 e. The van der Waals surface area contributed by atoms with Crippen LogP contribution in [0.1, 0.15) is 11.1 Å². The van der Waals surface area contributed by atoms with E-state index in [1.54, 1.807) is 7.05 Å². The van der Waals surface area contributed by atoms with Gasteiger partial charge in [-0.25, -0.2) is 8.42 Å². The molecule has 28 heavy (non-hydrogen) atoms. The van der Waals surface area contributed by atoms with Crippen molar-refractivity contribution in [3.05, 3.63) is 59.7 Å². The maximum Gasteiger partial charge on any atom is 0.236 e. The van der Waals surface area contributed by atoms with Gasteiger partial charge in [-0.1, -0.05) is 36.4 Å². The number of benzene rings is 2. The first-order chi connectivity index (χ1) is 13.1. The lowest BCUT2D eigenvalue weighted by atomic mass is 10.2. The topological polar surface area (TPSA) is 65.0 Å². The number of hydrogen-bond acceptors (Lipinski definition) is 3. The first-order valence-electron chi connectivity index (χ1n) is 9.24. The molecule has 0 spiro atoms. The first kappa shape index (κ1) is 20.9. The number of halogens is 1. The summed E-state index contributed by atoms with van der Waals surface area (Å²) in [7, 11) is -1.63. The summed E-state index contributed by atoms with van der Waals surface area (Å²) in [6.07, 6.45) is 1.74. The highest BCUT2D eigenvalue weighted by Gasteiger charge is 2.29. The molecular weight excluding hydrogens is 487 g/mol. The molecule has 0 aliphatic carbocycles. The highest BCUT2D eigenvalue weighted by molar-refractivity contribution is 14.0. The van der Waals surface area contributed by atoms with Crippen LogP contribution in [0.4, 0.5) is 11.4 Å². The van der Waals surface area contributed by atoms with Gasteiger partial charge in [0.1, 0.15) is 0 Å². The lowest BCUT2D eigenvalue weighted by molar-refractivity contribution is 0.591. The van der Waals surface area contributed by atoms with Crippen molar-refractivity contribution in [1.29, 1.82) is 0 Å². The van der Waals surface area contributed by atoms with E-state index in [-0.39, 0.29) is 29.7 Å². The molecule has 150 valence electrons. The van der Waals surface area contributed by atoms with Gasteiger partial charge in [0.25, 0.3) is 0 Å². The van der Waals surface area contributed by atoms with Crippen LogP contribution in [0.2, 0.25) is 0 Å². The molecule has 2 aromatic carbocycles. The van der Waals surface area contributed by atoms with Crippen molar-refractivity contribution in [3.63, 3.8) is 0 Å². The zero-order valence-corrected chi connectivity index (χ0v) is 19.0. The van der Waals surface area contributed by atoms with Gasteiger partial charge in [0.05, 0.1) is 11.4 Å². The highest BCUT2D eigenvalue weighted by Crippen LogP contribution is 2.30. The number of anilines is 2. The normalized spacial score (nSPS) is 15.8. The molecule has 0 unspecified atom stereocenters. The second kappa shape index (κ2) is 8.69. The Hall–Kier alpha value is -1.81. The molecule has 0 aromatic heterocycles. The van der Waals surface area contributed by atoms with Crippen molar-refractivity contribution in [2.45, 2.75) is 12.8 Å². The van der Waals surface area contributed by atoms with Crippen LogP contribution >= 0.6 is 24.0 Å². The Labute approximate surface area is 183 Å². The Balaban J connectivity index is 0.00000225. The van der Waals surface area contributed by atoms with Crippen LogP contribution in [0.3, 0.4) is 0 Å². The van der Waals surface area contributed by atoms with Gasteiger partial charge in [0, 0.05) is 32.4 Å². The van der Waals surface area contributed by atoms with Crippen LogP contribution in [-0.4, -0.2) is 46.8 Å². The van der Waals surface area contributed by atoms with E-state index in [0.29, 0.717) is 13.1 Å². The summed E-state index contributed by atoms with van der Waals surface area (Å²) in [5.41, 5.74) is 4.34. The van der Waals surface area contributed by atoms with Gasteiger partial charge in [-0.2, -0.15) is 0 Å². The molecule has 4 rings (SSSR count). The third kappa shape index (κ3) is 3.98. The van der Waals surface area contributed by atoms with Crippen LogP contribution in [0.5, 0.6) is 0 Å². The van der Waals surface area contributed by atoms with Crippen LogP contribution < -0.4 is 14.5 Å². The number of para-hydroxylation sites is 2. The fourth-order valence-corrected chi connectivity index (χ4v) is 5.28. The van der Waals surface area contributed by atoms with E-state index >= 15 is 0 Å². The van der Waals surface area contributed by atoms with E-state index < -0.39 is 10.0 Å². The van der Waals surface area contributed by atoms with Crippen molar-refractivity contribution in [3.8, 4) is 0 Å². The number of guanidine groups is 1. The molecule has 8 heteroatoms. The second-order valence-corrected chi connectivity index (χ2v) is 8.78. The third-order valence-corrected chi connectivity index (χ3v) is 6.95. The minimum atomic E-state index is -3.36. The molecule has 0 radical (unpaired) electrons. The van der Waals surface area contributed by atoms with E-state index in [9.17, 15) is 8.42 Å². The quantitative estimate of drug-likeness (QED) is 0.389. The molecule has 0 fully saturated rings. The summed E-state index contributed by atoms with van der Waals surface area (Å²) in [6.45, 7) is 1.70. The third-order valence-electron chi connectivity index (χ3n) is 5.18. The van der Waals surface area contributed by atoms with E-state index in [1.807, 2.05) is 36.4 Å². The van der Waals surface area contributed by atoms with Crippen LogP contribution in [0, 0.1) is 0 Å². The highest BCUT2D eigenvalue weighted by atomic mass is 127. The number of sulfonamides is 1. The van der Waals surface area contributed by atoms with E-state index in [4.69, 9.17) is 0 Å². The van der Waals surface area contributed by atoms with E-state index in [0.717, 1.165) is 42.3 Å². The monoisotopic (exact) mass is 512 g/mol. The van der Waals surface area contributed by atoms with Gasteiger partial charge in [-0.15, -0.1) is 24.0 Å². The summed E-state index contributed by atoms with van der Waals surface area (Å²) in [6, 6.07) is 16.0. The van der Waals surface area contributed by atoms with Crippen LogP contribution in [-0.2, 0) is 22.9 Å². The van der Waals surface area contributed by atoms with Crippen LogP contribution in [0.25, 0.3) is 0 Å². The molecule has 1 N–H and O–H groups in total. The van der Waals surface area contributed by atoms with Gasteiger partial charge in [0.15, 0.2) is 5.96 Å². The molecular formula is C20H25IN4O2S. The molecule has 0 bridgehead atoms. The summed E-state index contributed by atoms with van der Waals surface area (Å²) < 4.78 is 27.2. The maximum atomic E-state index is 12.8. The minimum absolute atomic E-state index is 0. The molecule has 0 atom stereocenters. The molecule has 2 aliphatic heterocycles. The number of aliphatic imine (C=N–C) groups is 1. The maximum absolute atomic E-state index is 12.8. The van der Waals surface area contributed by atoms with Crippen molar-refractivity contribution in [1.82, 2.24) is 5.32 Å². The molecule has 0 amide bonds. The molecule has 2 aliphatic rings. The van der Waals surface area contributed by atoms with Crippen molar-refractivity contribution < 1.29 is 8.42 Å². The smallest absolute Gasteiger partial charge is 0.236 e. The molecule has 0 saturated heterocycles. The lowest BCUT2D eigenvalue weighted by Gasteiger charge is -2.23. The zero-order valence-electron chi connectivity index (χ0n) is 15.8. The molecule has 0 saturated carbocycles. The number of nitrogens with zero attached hydrogens (tertiary/aromatic N) is 3. The van der Waals surface area contributed by atoms with Crippen molar-refractivity contribution in [2.75, 3.05) is 41.6 Å². The number of hydrogen-bond donors (Lipinski definition) is 1. The summed E-state index contributed by atoms with van der Waals surface area (Å²) in [4.78, 5) is 6.46. The Kier molecular flexibility index (Phi) is 6.49. The Morgan fingerprint density at radius 3 is 2.32 bits per heavy atom. The average Bonchev–Trinajstić information content (AvgIpc) is 3.30. The predicted molar refractivity (Wildman–Crippen MR) is 126 cm³/mol. The van der Waals surface area contributed by atoms with Crippen molar-refractivity contribution >= 4 is 51.3 Å². The molecule has 6 nitrogen and oxygen atoms in total. The zero-order chi connectivity index (χ0) is 18.9. The molecule has 2 heterocycles. The fourth-order valence-electron chi connectivity index (χ4n) is 3.85. The Bertz CT molecular complexity index is 978. The Morgan fingerprint density at radius 1 is 1.00 bits per heavy atom. The predicted octanol–water partition coefficient (Wildman–Crippen LogP) is 2.64. The standard InChI is InChI=1S/C20H24N4O2S.HI/c1-21-20(23-13-10-16-6-2-4-8-18(16)23)22-12-15-27(25,26)24-14-11-17-7-3-5-9-19(17)24;/h2-9H,10-15H2,1H3,(H,21,22);1H. The number of fused-ring (bicyclic) bond motifs is 2. The summed E-state index contributed by atoms with van der Waals surface area (Å²) in [5, 5.41) is 3.23. The van der Waals surface area contributed by atoms with Crippen LogP contribution in [0.15, 0.2) is 53.5 Å². The van der Waals surface area contributed by atoms with Crippen molar-refractivity contribution in [2.24, 2.45) is 4.99 Å². The lowest BCUT2D eigenvalue weighted by Crippen LogP contribution is -2.43. The van der Waals surface area contributed by atoms with E-state index in [2.05, 4.69) is 27.3 Å². The SMILES string of the molecule is CN=C(NCCS(=O)(=O)N1CCc2ccccc21)N1CCc2ccccc21.I. The Morgan fingerprint density at radius 2 is 1.61 bits per heavy atom. The van der Waals surface area contributed by atoms with Gasteiger partial charge < -0.3 is 10.2 Å². The first-order valence-corrected chi connectivity index (χ1v) is 10.9. The second-order valence-electron chi connectivity index (χ2n) is 6.77. The summed E-state index contributed by atoms with van der Waals surface area (Å²) in [5.74, 6) is 0.757. The number of nitrogens with one attached hydrogen (secondary N) is 1. The van der Waals surface area contributed by atoms with E-state index in [1.165, 1.54) is 9.87 Å².